The molecule has 0 N–H and O–H groups in total. The van der Waals surface area contributed by atoms with E-state index in [2.05, 4.69) is 0 Å². The fourth-order valence-corrected chi connectivity index (χ4v) is 6.79. The van der Waals surface area contributed by atoms with Gasteiger partial charge < -0.3 is 42.7 Å². The molecule has 15 heteroatoms. The maximum absolute atomic E-state index is 14.0. The first kappa shape index (κ1) is 37.6. The zero-order valence-corrected chi connectivity index (χ0v) is 29.5. The number of carbonyl (C=O) groups is 4. The van der Waals surface area contributed by atoms with Crippen LogP contribution in [0.15, 0.2) is 102 Å². The summed E-state index contributed by atoms with van der Waals surface area (Å²) in [6.07, 6.45) is -5.63. The Balaban J connectivity index is 1.57. The summed E-state index contributed by atoms with van der Waals surface area (Å²) in [6.45, 7) is -0.102. The number of hydrogen-bond acceptors (Lipinski definition) is 15. The van der Waals surface area contributed by atoms with E-state index in [0.29, 0.717) is 10.8 Å². The molecule has 0 bridgehead atoms. The Morgan fingerprint density at radius 1 is 0.660 bits per heavy atom. The molecule has 5 atom stereocenters. The van der Waals surface area contributed by atoms with Crippen LogP contribution in [0.5, 0.6) is 0 Å². The molecular weight excluding hydrogens is 694 g/mol. The molecule has 3 aliphatic rings. The third kappa shape index (κ3) is 6.78. The molecule has 1 spiro atoms. The highest BCUT2D eigenvalue weighted by atomic mass is 17.0. The fraction of sp³-hybridized carbons (Fsp3) is 0.368. The van der Waals surface area contributed by atoms with E-state index in [1.807, 2.05) is 91.0 Å². The Kier molecular flexibility index (Phi) is 11.5. The molecule has 0 amide bonds. The Labute approximate surface area is 305 Å². The van der Waals surface area contributed by atoms with Gasteiger partial charge in [-0.2, -0.15) is 0 Å². The lowest BCUT2D eigenvalue weighted by molar-refractivity contribution is -0.379. The van der Waals surface area contributed by atoms with Crippen LogP contribution < -0.4 is 0 Å². The van der Waals surface area contributed by atoms with E-state index in [1.54, 1.807) is 0 Å². The third-order valence-electron chi connectivity index (χ3n) is 9.20. The summed E-state index contributed by atoms with van der Waals surface area (Å²) in [5.41, 5.74) is -3.25. The van der Waals surface area contributed by atoms with Crippen LogP contribution in [0, 0.1) is 0 Å². The van der Waals surface area contributed by atoms with Crippen molar-refractivity contribution in [2.24, 2.45) is 0 Å². The molecule has 0 aromatic heterocycles. The number of rotatable bonds is 14. The van der Waals surface area contributed by atoms with Crippen LogP contribution in [0.1, 0.15) is 16.7 Å². The monoisotopic (exact) mass is 733 g/mol. The van der Waals surface area contributed by atoms with Gasteiger partial charge in [0, 0.05) is 5.23 Å². The van der Waals surface area contributed by atoms with Gasteiger partial charge in [-0.1, -0.05) is 91.0 Å². The first-order valence-corrected chi connectivity index (χ1v) is 16.6. The number of hydroxylamine groups is 2. The van der Waals surface area contributed by atoms with E-state index in [1.165, 1.54) is 0 Å². The van der Waals surface area contributed by atoms with Crippen molar-refractivity contribution in [3.05, 3.63) is 119 Å². The predicted octanol–water partition coefficient (Wildman–Crippen LogP) is 2.76. The van der Waals surface area contributed by atoms with E-state index < -0.39 is 70.8 Å². The van der Waals surface area contributed by atoms with Crippen molar-refractivity contribution in [3.8, 4) is 0 Å². The standard InChI is InChI=1S/C38H39NO14/c1-44-32(40)28-30(33(41)45-2)52-39-37(28)31(50-22-26-18-12-7-13-19-26)29(49-21-25-16-10-6-11-17-25)27(23-48-20-24-14-8-5-9-15-24)51-34(37)38(53-39,35(42)46-3)36(43)47-4/h5-19,27,29,31,34H,20-23H2,1-4H3/t27-,29-,31+,34-,37+/m1/s1. The Hall–Kier alpha value is -5.16. The summed E-state index contributed by atoms with van der Waals surface area (Å²) in [4.78, 5) is 67.0. The number of carbonyl (C=O) groups excluding carboxylic acids is 4. The van der Waals surface area contributed by atoms with Crippen molar-refractivity contribution in [1.82, 2.24) is 5.23 Å². The molecule has 3 aromatic rings. The zero-order chi connectivity index (χ0) is 37.6. The molecule has 15 nitrogen and oxygen atoms in total. The van der Waals surface area contributed by atoms with E-state index in [9.17, 15) is 19.2 Å². The second-order valence-electron chi connectivity index (χ2n) is 12.2. The van der Waals surface area contributed by atoms with Gasteiger partial charge in [0.15, 0.2) is 5.54 Å². The Bertz CT molecular complexity index is 1790. The van der Waals surface area contributed by atoms with Crippen molar-refractivity contribution in [1.29, 1.82) is 0 Å². The Morgan fingerprint density at radius 2 is 1.17 bits per heavy atom. The summed E-state index contributed by atoms with van der Waals surface area (Å²) >= 11 is 0. The molecule has 3 heterocycles. The molecule has 3 aliphatic heterocycles. The average molecular weight is 734 g/mol. The van der Waals surface area contributed by atoms with Crippen LogP contribution in [0.2, 0.25) is 0 Å². The van der Waals surface area contributed by atoms with Crippen molar-refractivity contribution in [2.45, 2.75) is 55.4 Å². The van der Waals surface area contributed by atoms with Gasteiger partial charge in [-0.3, -0.25) is 0 Å². The van der Waals surface area contributed by atoms with Crippen LogP contribution in [0.4, 0.5) is 0 Å². The SMILES string of the molecule is COC(=O)C1=C(C(=O)OC)[C@]23[C@@H](OCc4ccccc4)[C@H](OCc4ccccc4)[C@@H](COCc4ccccc4)O[C@H]2C(C(=O)OC)(C(=O)OC)ON3O1. The first-order valence-electron chi connectivity index (χ1n) is 16.6. The largest absolute Gasteiger partial charge is 0.466 e. The van der Waals surface area contributed by atoms with Gasteiger partial charge in [0.05, 0.1) is 54.9 Å². The summed E-state index contributed by atoms with van der Waals surface area (Å²) in [6, 6.07) is 27.7. The van der Waals surface area contributed by atoms with Gasteiger partial charge >= 0.3 is 29.5 Å². The molecular formula is C38H39NO14. The summed E-state index contributed by atoms with van der Waals surface area (Å²) < 4.78 is 46.6. The molecule has 3 aromatic carbocycles. The number of ether oxygens (including phenoxy) is 8. The van der Waals surface area contributed by atoms with Gasteiger partial charge in [0.2, 0.25) is 5.76 Å². The second-order valence-corrected chi connectivity index (χ2v) is 12.2. The van der Waals surface area contributed by atoms with E-state index in [-0.39, 0.29) is 26.4 Å². The minimum Gasteiger partial charge on any atom is -0.466 e. The third-order valence-corrected chi connectivity index (χ3v) is 9.20. The zero-order valence-electron chi connectivity index (χ0n) is 29.5. The van der Waals surface area contributed by atoms with Crippen LogP contribution in [-0.4, -0.2) is 99.7 Å². The molecule has 53 heavy (non-hydrogen) atoms. The number of hydrogen-bond donors (Lipinski definition) is 0. The summed E-state index contributed by atoms with van der Waals surface area (Å²) in [7, 11) is 4.22. The maximum atomic E-state index is 14.0. The van der Waals surface area contributed by atoms with Crippen molar-refractivity contribution >= 4 is 23.9 Å². The topological polar surface area (TPSA) is 164 Å². The van der Waals surface area contributed by atoms with E-state index >= 15 is 0 Å². The number of methoxy groups -OCH3 is 4. The number of nitrogens with zero attached hydrogens (tertiary/aromatic N) is 1. The van der Waals surface area contributed by atoms with Crippen molar-refractivity contribution in [3.63, 3.8) is 0 Å². The van der Waals surface area contributed by atoms with Crippen LogP contribution in [-0.2, 0) is 86.6 Å². The Morgan fingerprint density at radius 3 is 1.68 bits per heavy atom. The van der Waals surface area contributed by atoms with Crippen molar-refractivity contribution < 1.29 is 66.7 Å². The van der Waals surface area contributed by atoms with E-state index in [4.69, 9.17) is 47.6 Å². The van der Waals surface area contributed by atoms with Crippen LogP contribution in [0.3, 0.4) is 0 Å². The highest BCUT2D eigenvalue weighted by Crippen LogP contribution is 2.58. The molecule has 0 unspecified atom stereocenters. The van der Waals surface area contributed by atoms with E-state index in [0.717, 1.165) is 39.6 Å². The van der Waals surface area contributed by atoms with Gasteiger partial charge in [0.1, 0.15) is 30.0 Å². The summed E-state index contributed by atoms with van der Waals surface area (Å²) in [5, 5.41) is 0.652. The van der Waals surface area contributed by atoms with Gasteiger partial charge in [-0.25, -0.2) is 24.0 Å². The lowest BCUT2D eigenvalue weighted by Gasteiger charge is -2.50. The number of esters is 4. The molecule has 0 saturated carbocycles. The minimum absolute atomic E-state index is 0.0119. The molecule has 280 valence electrons. The minimum atomic E-state index is -2.78. The van der Waals surface area contributed by atoms with Crippen LogP contribution >= 0.6 is 0 Å². The van der Waals surface area contributed by atoms with Gasteiger partial charge in [0.25, 0.3) is 0 Å². The molecule has 2 fully saturated rings. The smallest absolute Gasteiger partial charge is 0.376 e. The quantitative estimate of drug-likeness (QED) is 0.135. The molecule has 2 saturated heterocycles. The fourth-order valence-electron chi connectivity index (χ4n) is 6.79. The van der Waals surface area contributed by atoms with Gasteiger partial charge in [-0.05, 0) is 16.7 Å². The lowest BCUT2D eigenvalue weighted by Crippen LogP contribution is -2.74. The van der Waals surface area contributed by atoms with Gasteiger partial charge in [-0.15, -0.1) is 0 Å². The van der Waals surface area contributed by atoms with Crippen LogP contribution in [0.25, 0.3) is 0 Å². The molecule has 0 aliphatic carbocycles. The maximum Gasteiger partial charge on any atom is 0.376 e. The van der Waals surface area contributed by atoms with Crippen molar-refractivity contribution in [2.75, 3.05) is 35.0 Å². The highest BCUT2D eigenvalue weighted by Gasteiger charge is 2.84. The predicted molar refractivity (Wildman–Crippen MR) is 179 cm³/mol. The normalized spacial score (nSPS) is 24.4. The molecule has 0 radical (unpaired) electrons. The lowest BCUT2D eigenvalue weighted by atomic mass is 9.69. The molecule has 6 rings (SSSR count). The first-order chi connectivity index (χ1) is 25.8. The average Bonchev–Trinajstić information content (AvgIpc) is 3.68. The second kappa shape index (κ2) is 16.2. The highest BCUT2D eigenvalue weighted by molar-refractivity contribution is 6.07. The number of benzene rings is 3. The summed E-state index contributed by atoms with van der Waals surface area (Å²) in [5.74, 6) is -5.39.